The fourth-order valence-electron chi connectivity index (χ4n) is 3.51. The number of carbonyl (C=O) groups excluding carboxylic acids is 1. The van der Waals surface area contributed by atoms with Gasteiger partial charge in [0.1, 0.15) is 5.70 Å². The Balaban J connectivity index is 1.55. The number of anilines is 1. The van der Waals surface area contributed by atoms with Crippen molar-refractivity contribution < 1.29 is 9.53 Å². The van der Waals surface area contributed by atoms with Crippen LogP contribution in [0, 0.1) is 0 Å². The molecule has 0 saturated carbocycles. The summed E-state index contributed by atoms with van der Waals surface area (Å²) in [6, 6.07) is 27.0. The number of benzene rings is 3. The van der Waals surface area contributed by atoms with Crippen molar-refractivity contribution in [1.82, 2.24) is 9.78 Å². The summed E-state index contributed by atoms with van der Waals surface area (Å²) in [5.74, 6) is -0.434. The molecular formula is C25H18ClN3O2. The number of cyclic esters (lactones) is 1. The maximum Gasteiger partial charge on any atom is 0.355 e. The van der Waals surface area contributed by atoms with Crippen molar-refractivity contribution in [3.63, 3.8) is 0 Å². The van der Waals surface area contributed by atoms with Crippen molar-refractivity contribution in [3.05, 3.63) is 113 Å². The summed E-state index contributed by atoms with van der Waals surface area (Å²) in [7, 11) is 0. The highest BCUT2D eigenvalue weighted by Crippen LogP contribution is 2.36. The average Bonchev–Trinajstić information content (AvgIpc) is 3.41. The number of para-hydroxylation sites is 2. The Bertz CT molecular complexity index is 1270. The Labute approximate surface area is 184 Å². The second kappa shape index (κ2) is 8.13. The van der Waals surface area contributed by atoms with Crippen LogP contribution in [0.4, 0.5) is 5.69 Å². The van der Waals surface area contributed by atoms with Crippen LogP contribution >= 0.6 is 11.6 Å². The number of ether oxygens (including phenoxy) is 1. The maximum absolute atomic E-state index is 12.6. The molecule has 1 aliphatic heterocycles. The fraction of sp³-hybridized carbons (Fsp3) is 0.0400. The number of hydrogen-bond acceptors (Lipinski definition) is 4. The molecule has 4 aromatic rings. The first-order valence-electron chi connectivity index (χ1n) is 9.84. The summed E-state index contributed by atoms with van der Waals surface area (Å²) in [5.41, 5.74) is 4.44. The van der Waals surface area contributed by atoms with Gasteiger partial charge >= 0.3 is 5.97 Å². The number of esters is 1. The van der Waals surface area contributed by atoms with Crippen molar-refractivity contribution in [1.29, 1.82) is 0 Å². The number of rotatable bonds is 5. The van der Waals surface area contributed by atoms with E-state index < -0.39 is 12.1 Å². The highest BCUT2D eigenvalue weighted by atomic mass is 35.5. The molecule has 2 heterocycles. The summed E-state index contributed by atoms with van der Waals surface area (Å²) in [6.07, 6.45) is 3.11. The van der Waals surface area contributed by atoms with Crippen LogP contribution < -0.4 is 5.32 Å². The van der Waals surface area contributed by atoms with Crippen molar-refractivity contribution in [2.75, 3.05) is 5.32 Å². The predicted octanol–water partition coefficient (Wildman–Crippen LogP) is 5.79. The van der Waals surface area contributed by atoms with Crippen LogP contribution in [0.1, 0.15) is 11.7 Å². The molecular weight excluding hydrogens is 410 g/mol. The van der Waals surface area contributed by atoms with Gasteiger partial charge in [-0.05, 0) is 30.3 Å². The Morgan fingerprint density at radius 3 is 2.32 bits per heavy atom. The van der Waals surface area contributed by atoms with E-state index >= 15 is 0 Å². The van der Waals surface area contributed by atoms with E-state index in [0.29, 0.717) is 16.4 Å². The highest BCUT2D eigenvalue weighted by Gasteiger charge is 2.31. The van der Waals surface area contributed by atoms with Crippen LogP contribution in [-0.2, 0) is 9.53 Å². The van der Waals surface area contributed by atoms with Gasteiger partial charge in [0.2, 0.25) is 0 Å². The van der Waals surface area contributed by atoms with E-state index in [1.807, 2.05) is 85.1 Å². The second-order valence-corrected chi connectivity index (χ2v) is 7.50. The molecule has 0 aliphatic carbocycles. The van der Waals surface area contributed by atoms with Gasteiger partial charge in [-0.3, -0.25) is 0 Å². The van der Waals surface area contributed by atoms with E-state index in [9.17, 15) is 4.79 Å². The monoisotopic (exact) mass is 427 g/mol. The molecule has 0 spiro atoms. The summed E-state index contributed by atoms with van der Waals surface area (Å²) in [5, 5.41) is 8.41. The third-order valence-corrected chi connectivity index (χ3v) is 5.36. The number of hydrogen-bond donors (Lipinski definition) is 1. The normalized spacial score (nSPS) is 15.5. The van der Waals surface area contributed by atoms with Crippen LogP contribution in [0.2, 0.25) is 5.02 Å². The van der Waals surface area contributed by atoms with E-state index in [0.717, 1.165) is 22.5 Å². The van der Waals surface area contributed by atoms with Crippen molar-refractivity contribution in [3.8, 4) is 16.9 Å². The minimum Gasteiger partial charge on any atom is -0.448 e. The molecule has 0 amide bonds. The minimum absolute atomic E-state index is 0.351. The van der Waals surface area contributed by atoms with E-state index in [-0.39, 0.29) is 0 Å². The molecule has 31 heavy (non-hydrogen) atoms. The van der Waals surface area contributed by atoms with Crippen molar-refractivity contribution in [2.45, 2.75) is 6.10 Å². The zero-order valence-electron chi connectivity index (χ0n) is 16.4. The highest BCUT2D eigenvalue weighted by molar-refractivity contribution is 6.33. The molecule has 6 heteroatoms. The first-order valence-corrected chi connectivity index (χ1v) is 10.2. The van der Waals surface area contributed by atoms with E-state index in [1.165, 1.54) is 0 Å². The van der Waals surface area contributed by atoms with Gasteiger partial charge < -0.3 is 10.1 Å². The molecule has 0 saturated heterocycles. The molecule has 1 unspecified atom stereocenters. The van der Waals surface area contributed by atoms with Crippen LogP contribution in [0.25, 0.3) is 16.9 Å². The largest absolute Gasteiger partial charge is 0.448 e. The van der Waals surface area contributed by atoms with Crippen LogP contribution in [0.15, 0.2) is 103 Å². The second-order valence-electron chi connectivity index (χ2n) is 7.09. The Hall–Kier alpha value is -3.83. The van der Waals surface area contributed by atoms with E-state index in [1.54, 1.807) is 16.8 Å². The molecule has 5 rings (SSSR count). The van der Waals surface area contributed by atoms with Crippen LogP contribution in [-0.4, -0.2) is 15.7 Å². The van der Waals surface area contributed by atoms with Gasteiger partial charge in [-0.15, -0.1) is 0 Å². The quantitative estimate of drug-likeness (QED) is 0.410. The smallest absolute Gasteiger partial charge is 0.355 e. The van der Waals surface area contributed by atoms with Gasteiger partial charge in [0.25, 0.3) is 0 Å². The zero-order valence-corrected chi connectivity index (χ0v) is 17.2. The SMILES string of the molecule is O=C1OC(c2cn(-c3ccccc3)nc2-c2ccccc2)C=C1Nc1ccccc1Cl. The van der Waals surface area contributed by atoms with Crippen molar-refractivity contribution >= 4 is 23.3 Å². The number of nitrogens with one attached hydrogen (secondary N) is 1. The Kier molecular flexibility index (Phi) is 5.02. The van der Waals surface area contributed by atoms with Gasteiger partial charge in [0.05, 0.1) is 22.1 Å². The molecule has 3 aromatic carbocycles. The van der Waals surface area contributed by atoms with Crippen LogP contribution in [0.3, 0.4) is 0 Å². The van der Waals surface area contributed by atoms with E-state index in [4.69, 9.17) is 21.4 Å². The van der Waals surface area contributed by atoms with E-state index in [2.05, 4.69) is 5.32 Å². The number of halogens is 1. The number of carbonyl (C=O) groups is 1. The maximum atomic E-state index is 12.6. The summed E-state index contributed by atoms with van der Waals surface area (Å²) < 4.78 is 7.50. The Morgan fingerprint density at radius 1 is 0.903 bits per heavy atom. The molecule has 0 fully saturated rings. The van der Waals surface area contributed by atoms with Gasteiger partial charge in [-0.25, -0.2) is 9.48 Å². The molecule has 0 radical (unpaired) electrons. The Morgan fingerprint density at radius 2 is 1.58 bits per heavy atom. The first kappa shape index (κ1) is 19.2. The number of nitrogens with zero attached hydrogens (tertiary/aromatic N) is 2. The molecule has 1 aromatic heterocycles. The molecule has 1 atom stereocenters. The lowest BCUT2D eigenvalue weighted by Gasteiger charge is -2.08. The third kappa shape index (κ3) is 3.83. The van der Waals surface area contributed by atoms with Crippen molar-refractivity contribution in [2.24, 2.45) is 0 Å². The molecule has 0 bridgehead atoms. The molecule has 5 nitrogen and oxygen atoms in total. The lowest BCUT2D eigenvalue weighted by Crippen LogP contribution is -2.09. The van der Waals surface area contributed by atoms with Gasteiger partial charge in [0, 0.05) is 17.3 Å². The summed E-state index contributed by atoms with van der Waals surface area (Å²) in [6.45, 7) is 0. The molecule has 152 valence electrons. The van der Waals surface area contributed by atoms with Gasteiger partial charge in [-0.1, -0.05) is 72.3 Å². The summed E-state index contributed by atoms with van der Waals surface area (Å²) >= 11 is 6.23. The zero-order chi connectivity index (χ0) is 21.2. The minimum atomic E-state index is -0.565. The first-order chi connectivity index (χ1) is 15.2. The third-order valence-electron chi connectivity index (χ3n) is 5.03. The van der Waals surface area contributed by atoms with Crippen LogP contribution in [0.5, 0.6) is 0 Å². The average molecular weight is 428 g/mol. The predicted molar refractivity (Wildman–Crippen MR) is 121 cm³/mol. The number of aromatic nitrogens is 2. The summed E-state index contributed by atoms with van der Waals surface area (Å²) in [4.78, 5) is 12.6. The van der Waals surface area contributed by atoms with Gasteiger partial charge in [-0.2, -0.15) is 5.10 Å². The van der Waals surface area contributed by atoms with Gasteiger partial charge in [0.15, 0.2) is 6.10 Å². The molecule has 1 aliphatic rings. The lowest BCUT2D eigenvalue weighted by atomic mass is 10.0. The molecule has 1 N–H and O–H groups in total. The standard InChI is InChI=1S/C25H18ClN3O2/c26-20-13-7-8-14-21(20)27-22-15-23(31-25(22)30)19-16-29(18-11-5-2-6-12-18)28-24(19)17-9-3-1-4-10-17/h1-16,23,27H. The topological polar surface area (TPSA) is 56.2 Å². The fourth-order valence-corrected chi connectivity index (χ4v) is 3.70. The lowest BCUT2D eigenvalue weighted by molar-refractivity contribution is -0.139.